The van der Waals surface area contributed by atoms with Gasteiger partial charge in [0.25, 0.3) is 0 Å². The van der Waals surface area contributed by atoms with Gasteiger partial charge in [-0.15, -0.1) is 0 Å². The highest BCUT2D eigenvalue weighted by atomic mass is 16.3. The molecular weight excluding hydrogens is 324 g/mol. The van der Waals surface area contributed by atoms with Crippen LogP contribution in [0, 0.1) is 5.92 Å². The standard InChI is InChI=1S/C21H38N4O/c1-17(2)8-10-25-12-11-24(16-20(25)9-13-26)15-19-14-22-23-21(19)18-6-4-3-5-7-18/h14,17-18,20,26H,3-13,15-16H2,1-2H3,(H,22,23)/t20-/m1/s1. The monoisotopic (exact) mass is 362 g/mol. The maximum Gasteiger partial charge on any atom is 0.0535 e. The van der Waals surface area contributed by atoms with E-state index in [0.717, 1.165) is 45.1 Å². The Kier molecular flexibility index (Phi) is 7.52. The first-order valence-corrected chi connectivity index (χ1v) is 10.8. The number of rotatable bonds is 8. The lowest BCUT2D eigenvalue weighted by Gasteiger charge is -2.42. The number of nitrogens with zero attached hydrogens (tertiary/aromatic N) is 3. The molecule has 1 saturated carbocycles. The van der Waals surface area contributed by atoms with Gasteiger partial charge in [-0.2, -0.15) is 5.10 Å². The molecule has 0 bridgehead atoms. The minimum atomic E-state index is 0.287. The van der Waals surface area contributed by atoms with Crippen LogP contribution in [0.4, 0.5) is 0 Å². The summed E-state index contributed by atoms with van der Waals surface area (Å²) < 4.78 is 0. The molecule has 5 heteroatoms. The summed E-state index contributed by atoms with van der Waals surface area (Å²) in [6.07, 6.45) is 10.9. The SMILES string of the molecule is CC(C)CCN1CCN(Cc2cn[nH]c2C2CCCCC2)C[C@H]1CCO. The van der Waals surface area contributed by atoms with Crippen LogP contribution in [0.3, 0.4) is 0 Å². The van der Waals surface area contributed by atoms with E-state index in [1.54, 1.807) is 0 Å². The molecule has 0 radical (unpaired) electrons. The minimum Gasteiger partial charge on any atom is -0.396 e. The van der Waals surface area contributed by atoms with Crippen molar-refractivity contribution in [2.75, 3.05) is 32.8 Å². The van der Waals surface area contributed by atoms with E-state index in [0.29, 0.717) is 12.0 Å². The number of H-pyrrole nitrogens is 1. The topological polar surface area (TPSA) is 55.4 Å². The predicted molar refractivity (Wildman–Crippen MR) is 106 cm³/mol. The molecule has 1 aromatic heterocycles. The Morgan fingerprint density at radius 2 is 2.04 bits per heavy atom. The highest BCUT2D eigenvalue weighted by molar-refractivity contribution is 5.21. The molecule has 1 aromatic rings. The average Bonchev–Trinajstić information content (AvgIpc) is 3.10. The largest absolute Gasteiger partial charge is 0.396 e. The lowest BCUT2D eigenvalue weighted by Crippen LogP contribution is -2.53. The Morgan fingerprint density at radius 3 is 2.77 bits per heavy atom. The number of aromatic amines is 1. The normalized spacial score (nSPS) is 23.8. The molecule has 2 N–H and O–H groups in total. The van der Waals surface area contributed by atoms with Crippen molar-refractivity contribution in [3.8, 4) is 0 Å². The van der Waals surface area contributed by atoms with Crippen LogP contribution in [-0.4, -0.2) is 63.9 Å². The summed E-state index contributed by atoms with van der Waals surface area (Å²) in [6.45, 7) is 10.3. The zero-order valence-electron chi connectivity index (χ0n) is 16.8. The summed E-state index contributed by atoms with van der Waals surface area (Å²) in [5, 5.41) is 17.2. The van der Waals surface area contributed by atoms with Crippen molar-refractivity contribution >= 4 is 0 Å². The molecule has 0 spiro atoms. The van der Waals surface area contributed by atoms with Crippen molar-refractivity contribution in [1.82, 2.24) is 20.0 Å². The number of aromatic nitrogens is 2. The van der Waals surface area contributed by atoms with Crippen molar-refractivity contribution in [3.05, 3.63) is 17.5 Å². The van der Waals surface area contributed by atoms with Crippen molar-refractivity contribution in [1.29, 1.82) is 0 Å². The number of aliphatic hydroxyl groups excluding tert-OH is 1. The van der Waals surface area contributed by atoms with Gasteiger partial charge in [0.15, 0.2) is 0 Å². The van der Waals surface area contributed by atoms with E-state index in [4.69, 9.17) is 0 Å². The van der Waals surface area contributed by atoms with Gasteiger partial charge in [-0.3, -0.25) is 14.9 Å². The third kappa shape index (κ3) is 5.30. The van der Waals surface area contributed by atoms with Crippen LogP contribution < -0.4 is 0 Å². The van der Waals surface area contributed by atoms with Crippen LogP contribution in [0.5, 0.6) is 0 Å². The van der Waals surface area contributed by atoms with Crippen molar-refractivity contribution < 1.29 is 5.11 Å². The number of aliphatic hydroxyl groups is 1. The number of hydrogen-bond acceptors (Lipinski definition) is 4. The van der Waals surface area contributed by atoms with Crippen LogP contribution in [0.2, 0.25) is 0 Å². The molecule has 1 atom stereocenters. The Labute approximate surface area is 159 Å². The van der Waals surface area contributed by atoms with Gasteiger partial charge in [0.1, 0.15) is 0 Å². The second-order valence-electron chi connectivity index (χ2n) is 8.76. The summed E-state index contributed by atoms with van der Waals surface area (Å²) >= 11 is 0. The molecule has 2 aliphatic rings. The third-order valence-electron chi connectivity index (χ3n) is 6.30. The Morgan fingerprint density at radius 1 is 1.23 bits per heavy atom. The van der Waals surface area contributed by atoms with Gasteiger partial charge < -0.3 is 5.11 Å². The summed E-state index contributed by atoms with van der Waals surface area (Å²) in [5.74, 6) is 1.42. The molecule has 5 nitrogen and oxygen atoms in total. The van der Waals surface area contributed by atoms with Crippen LogP contribution in [-0.2, 0) is 6.54 Å². The van der Waals surface area contributed by atoms with Crippen LogP contribution in [0.25, 0.3) is 0 Å². The van der Waals surface area contributed by atoms with Gasteiger partial charge in [-0.1, -0.05) is 33.1 Å². The van der Waals surface area contributed by atoms with Gasteiger partial charge in [0.2, 0.25) is 0 Å². The fraction of sp³-hybridized carbons (Fsp3) is 0.857. The minimum absolute atomic E-state index is 0.287. The number of piperazine rings is 1. The van der Waals surface area contributed by atoms with E-state index in [-0.39, 0.29) is 6.61 Å². The average molecular weight is 363 g/mol. The van der Waals surface area contributed by atoms with E-state index in [9.17, 15) is 5.11 Å². The summed E-state index contributed by atoms with van der Waals surface area (Å²) in [6, 6.07) is 0.484. The molecule has 0 aromatic carbocycles. The highest BCUT2D eigenvalue weighted by Crippen LogP contribution is 2.33. The summed E-state index contributed by atoms with van der Waals surface area (Å²) in [4.78, 5) is 5.17. The molecule has 1 aliphatic carbocycles. The third-order valence-corrected chi connectivity index (χ3v) is 6.30. The van der Waals surface area contributed by atoms with Crippen molar-refractivity contribution in [3.63, 3.8) is 0 Å². The van der Waals surface area contributed by atoms with E-state index in [2.05, 4.69) is 40.0 Å². The number of nitrogens with one attached hydrogen (secondary N) is 1. The maximum absolute atomic E-state index is 9.51. The molecule has 2 fully saturated rings. The molecule has 0 amide bonds. The molecule has 1 saturated heterocycles. The zero-order valence-corrected chi connectivity index (χ0v) is 16.8. The van der Waals surface area contributed by atoms with E-state index in [1.165, 1.54) is 49.8 Å². The Balaban J connectivity index is 1.58. The van der Waals surface area contributed by atoms with Crippen LogP contribution >= 0.6 is 0 Å². The van der Waals surface area contributed by atoms with Gasteiger partial charge >= 0.3 is 0 Å². The smallest absolute Gasteiger partial charge is 0.0535 e. The lowest BCUT2D eigenvalue weighted by atomic mass is 9.85. The lowest BCUT2D eigenvalue weighted by molar-refractivity contribution is 0.0522. The molecule has 0 unspecified atom stereocenters. The molecule has 1 aliphatic heterocycles. The van der Waals surface area contributed by atoms with E-state index >= 15 is 0 Å². The summed E-state index contributed by atoms with van der Waals surface area (Å²) in [5.41, 5.74) is 2.79. The van der Waals surface area contributed by atoms with Gasteiger partial charge in [0.05, 0.1) is 6.20 Å². The highest BCUT2D eigenvalue weighted by Gasteiger charge is 2.28. The second-order valence-corrected chi connectivity index (χ2v) is 8.76. The predicted octanol–water partition coefficient (Wildman–Crippen LogP) is 3.37. The first kappa shape index (κ1) is 19.8. The molecule has 3 rings (SSSR count). The van der Waals surface area contributed by atoms with E-state index < -0.39 is 0 Å². The summed E-state index contributed by atoms with van der Waals surface area (Å²) in [7, 11) is 0. The fourth-order valence-electron chi connectivity index (χ4n) is 4.67. The first-order valence-electron chi connectivity index (χ1n) is 10.8. The molecule has 26 heavy (non-hydrogen) atoms. The molecule has 2 heterocycles. The van der Waals surface area contributed by atoms with Crippen molar-refractivity contribution in [2.45, 2.75) is 77.3 Å². The molecule has 148 valence electrons. The Hall–Kier alpha value is -0.910. The Bertz CT molecular complexity index is 524. The fourth-order valence-corrected chi connectivity index (χ4v) is 4.67. The quantitative estimate of drug-likeness (QED) is 0.744. The second kappa shape index (κ2) is 9.86. The van der Waals surface area contributed by atoms with Gasteiger partial charge in [-0.25, -0.2) is 0 Å². The van der Waals surface area contributed by atoms with Crippen molar-refractivity contribution in [2.24, 2.45) is 5.92 Å². The zero-order chi connectivity index (χ0) is 18.4. The maximum atomic E-state index is 9.51. The first-order chi connectivity index (χ1) is 12.7. The number of hydrogen-bond donors (Lipinski definition) is 2. The van der Waals surface area contributed by atoms with Crippen LogP contribution in [0.1, 0.15) is 76.0 Å². The van der Waals surface area contributed by atoms with Crippen LogP contribution in [0.15, 0.2) is 6.20 Å². The van der Waals surface area contributed by atoms with Gasteiger partial charge in [-0.05, 0) is 38.1 Å². The van der Waals surface area contributed by atoms with E-state index in [1.807, 2.05) is 0 Å². The van der Waals surface area contributed by atoms with Gasteiger partial charge in [0, 0.05) is 56.0 Å². The molecular formula is C21H38N4O.